The van der Waals surface area contributed by atoms with Crippen LogP contribution < -0.4 is 10.6 Å². The van der Waals surface area contributed by atoms with Crippen LogP contribution in [0.4, 0.5) is 5.82 Å². The zero-order chi connectivity index (χ0) is 11.3. The highest BCUT2D eigenvalue weighted by Gasteiger charge is 2.13. The first-order chi connectivity index (χ1) is 7.16. The van der Waals surface area contributed by atoms with Crippen molar-refractivity contribution in [3.05, 3.63) is 16.1 Å². The Morgan fingerprint density at radius 3 is 2.80 bits per heavy atom. The number of anilines is 1. The molecule has 0 spiro atoms. The van der Waals surface area contributed by atoms with Crippen molar-refractivity contribution in [1.82, 2.24) is 9.97 Å². The summed E-state index contributed by atoms with van der Waals surface area (Å²) >= 11 is 2.26. The first kappa shape index (κ1) is 12.6. The normalized spacial score (nSPS) is 10.7. The Morgan fingerprint density at radius 1 is 1.53 bits per heavy atom. The third-order valence-corrected chi connectivity index (χ3v) is 2.91. The maximum absolute atomic E-state index is 5.53. The molecular weight excluding hydrogens is 303 g/mol. The molecule has 4 nitrogen and oxygen atoms in total. The van der Waals surface area contributed by atoms with Crippen molar-refractivity contribution in [1.29, 1.82) is 0 Å². The van der Waals surface area contributed by atoms with Crippen LogP contribution in [0.3, 0.4) is 0 Å². The topological polar surface area (TPSA) is 55.0 Å². The van der Waals surface area contributed by atoms with Gasteiger partial charge in [0.2, 0.25) is 0 Å². The van der Waals surface area contributed by atoms with E-state index >= 15 is 0 Å². The standard InChI is InChI=1S/C10H17IN4/c1-8(2)15(5-3-4-12)10-9(11)6-13-7-14-10/h6-8H,3-5,12H2,1-2H3. The third-order valence-electron chi connectivity index (χ3n) is 2.15. The Hall–Kier alpha value is -0.430. The smallest absolute Gasteiger partial charge is 0.145 e. The van der Waals surface area contributed by atoms with Crippen molar-refractivity contribution >= 4 is 28.4 Å². The molecule has 0 aliphatic carbocycles. The van der Waals surface area contributed by atoms with Gasteiger partial charge in [0.25, 0.3) is 0 Å². The van der Waals surface area contributed by atoms with E-state index in [1.807, 2.05) is 6.20 Å². The van der Waals surface area contributed by atoms with Crippen molar-refractivity contribution < 1.29 is 0 Å². The van der Waals surface area contributed by atoms with E-state index in [-0.39, 0.29) is 0 Å². The summed E-state index contributed by atoms with van der Waals surface area (Å²) in [7, 11) is 0. The van der Waals surface area contributed by atoms with Gasteiger partial charge in [-0.2, -0.15) is 0 Å². The lowest BCUT2D eigenvalue weighted by atomic mass is 10.3. The predicted molar refractivity (Wildman–Crippen MR) is 70.9 cm³/mol. The number of rotatable bonds is 5. The molecule has 0 unspecified atom stereocenters. The fourth-order valence-electron chi connectivity index (χ4n) is 1.39. The second-order valence-electron chi connectivity index (χ2n) is 3.62. The molecule has 1 rings (SSSR count). The highest BCUT2D eigenvalue weighted by molar-refractivity contribution is 14.1. The summed E-state index contributed by atoms with van der Waals surface area (Å²) in [6, 6.07) is 0.431. The Kier molecular flexibility index (Phi) is 5.24. The van der Waals surface area contributed by atoms with Crippen molar-refractivity contribution in [2.24, 2.45) is 5.73 Å². The van der Waals surface area contributed by atoms with E-state index in [0.29, 0.717) is 12.6 Å². The van der Waals surface area contributed by atoms with Crippen LogP contribution in [0.5, 0.6) is 0 Å². The van der Waals surface area contributed by atoms with Gasteiger partial charge >= 0.3 is 0 Å². The van der Waals surface area contributed by atoms with E-state index in [4.69, 9.17) is 5.73 Å². The van der Waals surface area contributed by atoms with Gasteiger partial charge in [-0.3, -0.25) is 0 Å². The van der Waals surface area contributed by atoms with Crippen LogP contribution in [0.2, 0.25) is 0 Å². The minimum atomic E-state index is 0.431. The van der Waals surface area contributed by atoms with Crippen LogP contribution in [0.25, 0.3) is 0 Å². The van der Waals surface area contributed by atoms with Crippen LogP contribution in [-0.2, 0) is 0 Å². The fraction of sp³-hybridized carbons (Fsp3) is 0.600. The maximum Gasteiger partial charge on any atom is 0.145 e. The summed E-state index contributed by atoms with van der Waals surface area (Å²) in [6.07, 6.45) is 4.41. The summed E-state index contributed by atoms with van der Waals surface area (Å²) in [5.74, 6) is 1.01. The summed E-state index contributed by atoms with van der Waals surface area (Å²) in [5.41, 5.74) is 5.53. The van der Waals surface area contributed by atoms with Gasteiger partial charge in [0, 0.05) is 18.8 Å². The molecule has 0 fully saturated rings. The minimum absolute atomic E-state index is 0.431. The Balaban J connectivity index is 2.84. The van der Waals surface area contributed by atoms with E-state index in [9.17, 15) is 0 Å². The number of nitrogens with two attached hydrogens (primary N) is 1. The molecular formula is C10H17IN4. The quantitative estimate of drug-likeness (QED) is 0.838. The van der Waals surface area contributed by atoms with E-state index in [1.54, 1.807) is 6.33 Å². The van der Waals surface area contributed by atoms with Gasteiger partial charge in [0.05, 0.1) is 3.57 Å². The SMILES string of the molecule is CC(C)N(CCCN)c1ncncc1I. The monoisotopic (exact) mass is 320 g/mol. The van der Waals surface area contributed by atoms with Gasteiger partial charge < -0.3 is 10.6 Å². The zero-order valence-electron chi connectivity index (χ0n) is 9.15. The minimum Gasteiger partial charge on any atom is -0.353 e. The van der Waals surface area contributed by atoms with E-state index < -0.39 is 0 Å². The highest BCUT2D eigenvalue weighted by atomic mass is 127. The first-order valence-electron chi connectivity index (χ1n) is 5.09. The van der Waals surface area contributed by atoms with Crippen molar-refractivity contribution in [3.8, 4) is 0 Å². The predicted octanol–water partition coefficient (Wildman–Crippen LogP) is 1.64. The van der Waals surface area contributed by atoms with E-state index in [1.165, 1.54) is 0 Å². The summed E-state index contributed by atoms with van der Waals surface area (Å²) in [4.78, 5) is 10.6. The van der Waals surface area contributed by atoms with E-state index in [0.717, 1.165) is 22.4 Å². The van der Waals surface area contributed by atoms with Crippen LogP contribution in [0.1, 0.15) is 20.3 Å². The van der Waals surface area contributed by atoms with Gasteiger partial charge in [-0.15, -0.1) is 0 Å². The van der Waals surface area contributed by atoms with Gasteiger partial charge in [0.1, 0.15) is 12.1 Å². The molecule has 1 aromatic rings. The number of aromatic nitrogens is 2. The highest BCUT2D eigenvalue weighted by Crippen LogP contribution is 2.20. The van der Waals surface area contributed by atoms with Crippen LogP contribution in [-0.4, -0.2) is 29.1 Å². The Bertz CT molecular complexity index is 303. The van der Waals surface area contributed by atoms with Crippen LogP contribution >= 0.6 is 22.6 Å². The molecule has 0 atom stereocenters. The Morgan fingerprint density at radius 2 is 2.27 bits per heavy atom. The van der Waals surface area contributed by atoms with Gasteiger partial charge in [-0.25, -0.2) is 9.97 Å². The molecule has 1 aromatic heterocycles. The molecule has 2 N–H and O–H groups in total. The molecule has 84 valence electrons. The van der Waals surface area contributed by atoms with Gasteiger partial charge in [-0.05, 0) is 49.4 Å². The third kappa shape index (κ3) is 3.57. The molecule has 0 aromatic carbocycles. The van der Waals surface area contributed by atoms with Crippen molar-refractivity contribution in [2.45, 2.75) is 26.3 Å². The molecule has 0 amide bonds. The summed E-state index contributed by atoms with van der Waals surface area (Å²) in [5, 5.41) is 0. The summed E-state index contributed by atoms with van der Waals surface area (Å²) < 4.78 is 1.08. The first-order valence-corrected chi connectivity index (χ1v) is 6.17. The largest absolute Gasteiger partial charge is 0.353 e. The van der Waals surface area contributed by atoms with Gasteiger partial charge in [0.15, 0.2) is 0 Å². The molecule has 0 saturated heterocycles. The van der Waals surface area contributed by atoms with Crippen LogP contribution in [0, 0.1) is 3.57 Å². The lowest BCUT2D eigenvalue weighted by Crippen LogP contribution is -2.34. The van der Waals surface area contributed by atoms with Crippen LogP contribution in [0.15, 0.2) is 12.5 Å². The molecule has 5 heteroatoms. The second kappa shape index (κ2) is 6.22. The molecule has 0 aliphatic rings. The number of halogens is 1. The number of hydrogen-bond donors (Lipinski definition) is 1. The molecule has 0 bridgehead atoms. The zero-order valence-corrected chi connectivity index (χ0v) is 11.3. The second-order valence-corrected chi connectivity index (χ2v) is 4.79. The van der Waals surface area contributed by atoms with Gasteiger partial charge in [-0.1, -0.05) is 0 Å². The molecule has 0 radical (unpaired) electrons. The van der Waals surface area contributed by atoms with Crippen molar-refractivity contribution in [3.63, 3.8) is 0 Å². The average Bonchev–Trinajstić information content (AvgIpc) is 2.20. The average molecular weight is 320 g/mol. The van der Waals surface area contributed by atoms with Crippen molar-refractivity contribution in [2.75, 3.05) is 18.0 Å². The number of nitrogens with zero attached hydrogens (tertiary/aromatic N) is 3. The summed E-state index contributed by atoms with van der Waals surface area (Å²) in [6.45, 7) is 5.98. The molecule has 0 saturated carbocycles. The lowest BCUT2D eigenvalue weighted by molar-refractivity contribution is 0.646. The fourth-order valence-corrected chi connectivity index (χ4v) is 2.00. The van der Waals surface area contributed by atoms with E-state index in [2.05, 4.69) is 51.3 Å². The number of hydrogen-bond acceptors (Lipinski definition) is 4. The Labute approximate surface area is 104 Å². The molecule has 15 heavy (non-hydrogen) atoms. The molecule has 1 heterocycles. The maximum atomic E-state index is 5.53. The molecule has 0 aliphatic heterocycles. The lowest BCUT2D eigenvalue weighted by Gasteiger charge is -2.28.